The second kappa shape index (κ2) is 11.6. The van der Waals surface area contributed by atoms with Crippen molar-refractivity contribution in [2.45, 2.75) is 51.1 Å². The van der Waals surface area contributed by atoms with E-state index < -0.39 is 23.7 Å². The molecule has 4 rings (SSSR count). The van der Waals surface area contributed by atoms with Crippen LogP contribution in [0, 0.1) is 5.82 Å². The monoisotopic (exact) mass is 488 g/mol. The van der Waals surface area contributed by atoms with Crippen LogP contribution in [0.3, 0.4) is 0 Å². The number of halogens is 1. The number of nitrogens with zero attached hydrogens (tertiary/aromatic N) is 2. The number of carbonyl (C=O) groups excluding carboxylic acids is 3. The van der Waals surface area contributed by atoms with E-state index in [1.165, 1.54) is 30.2 Å². The molecule has 1 aliphatic carbocycles. The summed E-state index contributed by atoms with van der Waals surface area (Å²) in [5, 5.41) is 5.75. The molecule has 1 aliphatic rings. The zero-order valence-corrected chi connectivity index (χ0v) is 20.1. The third-order valence-corrected chi connectivity index (χ3v) is 6.23. The van der Waals surface area contributed by atoms with Gasteiger partial charge in [-0.3, -0.25) is 24.3 Å². The van der Waals surface area contributed by atoms with Crippen LogP contribution in [0.1, 0.15) is 61.1 Å². The van der Waals surface area contributed by atoms with Crippen molar-refractivity contribution < 1.29 is 18.8 Å². The van der Waals surface area contributed by atoms with Crippen LogP contribution in [0.4, 0.5) is 15.8 Å². The number of hydrogen-bond donors (Lipinski definition) is 2. The number of benzene rings is 2. The number of amides is 3. The van der Waals surface area contributed by atoms with Crippen molar-refractivity contribution in [3.8, 4) is 0 Å². The van der Waals surface area contributed by atoms with Crippen LogP contribution >= 0.6 is 0 Å². The van der Waals surface area contributed by atoms with E-state index in [1.807, 2.05) is 0 Å². The van der Waals surface area contributed by atoms with Gasteiger partial charge in [-0.2, -0.15) is 0 Å². The van der Waals surface area contributed by atoms with Gasteiger partial charge in [0.2, 0.25) is 11.8 Å². The fourth-order valence-electron chi connectivity index (χ4n) is 4.53. The van der Waals surface area contributed by atoms with Crippen molar-refractivity contribution in [2.24, 2.45) is 0 Å². The second-order valence-electron chi connectivity index (χ2n) is 8.89. The average Bonchev–Trinajstić information content (AvgIpc) is 2.89. The summed E-state index contributed by atoms with van der Waals surface area (Å²) in [5.74, 6) is -1.83. The SMILES string of the molecule is CC(=O)Nc1ccc(N(C(=O)c2ccccn2)C(C(=O)NC2CCCCC2)c2ccccc2F)cc1. The van der Waals surface area contributed by atoms with E-state index in [0.29, 0.717) is 11.4 Å². The van der Waals surface area contributed by atoms with Crippen molar-refractivity contribution in [3.63, 3.8) is 0 Å². The Morgan fingerprint density at radius 1 is 0.944 bits per heavy atom. The van der Waals surface area contributed by atoms with E-state index in [1.54, 1.807) is 54.6 Å². The lowest BCUT2D eigenvalue weighted by atomic mass is 9.94. The van der Waals surface area contributed by atoms with Gasteiger partial charge in [-0.1, -0.05) is 43.5 Å². The third kappa shape index (κ3) is 5.94. The van der Waals surface area contributed by atoms with E-state index in [2.05, 4.69) is 15.6 Å². The first kappa shape index (κ1) is 25.0. The molecule has 0 bridgehead atoms. The molecule has 0 spiro atoms. The predicted octanol–water partition coefficient (Wildman–Crippen LogP) is 5.02. The maximum atomic E-state index is 15.1. The zero-order valence-electron chi connectivity index (χ0n) is 20.1. The molecule has 3 amide bonds. The topological polar surface area (TPSA) is 91.4 Å². The third-order valence-electron chi connectivity index (χ3n) is 6.23. The number of aromatic nitrogens is 1. The van der Waals surface area contributed by atoms with Crippen molar-refractivity contribution in [3.05, 3.63) is 90.0 Å². The Morgan fingerprint density at radius 2 is 1.64 bits per heavy atom. The van der Waals surface area contributed by atoms with Crippen LogP contribution in [-0.2, 0) is 9.59 Å². The summed E-state index contributed by atoms with van der Waals surface area (Å²) in [6.45, 7) is 1.40. The Bertz CT molecular complexity index is 1210. The van der Waals surface area contributed by atoms with Crippen molar-refractivity contribution >= 4 is 29.1 Å². The maximum absolute atomic E-state index is 15.1. The van der Waals surface area contributed by atoms with Gasteiger partial charge in [0.05, 0.1) is 0 Å². The highest BCUT2D eigenvalue weighted by Crippen LogP contribution is 2.32. The molecule has 3 aromatic rings. The van der Waals surface area contributed by atoms with Crippen LogP contribution in [0.5, 0.6) is 0 Å². The van der Waals surface area contributed by atoms with Gasteiger partial charge in [0.25, 0.3) is 5.91 Å². The normalized spacial score (nSPS) is 14.5. The van der Waals surface area contributed by atoms with Crippen molar-refractivity contribution in [2.75, 3.05) is 10.2 Å². The van der Waals surface area contributed by atoms with Gasteiger partial charge in [0, 0.05) is 36.1 Å². The number of anilines is 2. The summed E-state index contributed by atoms with van der Waals surface area (Å²) in [5.41, 5.74) is 1.11. The van der Waals surface area contributed by atoms with E-state index in [-0.39, 0.29) is 23.2 Å². The maximum Gasteiger partial charge on any atom is 0.277 e. The highest BCUT2D eigenvalue weighted by Gasteiger charge is 2.36. The second-order valence-corrected chi connectivity index (χ2v) is 8.89. The Kier molecular flexibility index (Phi) is 8.05. The van der Waals surface area contributed by atoms with Crippen LogP contribution in [0.25, 0.3) is 0 Å². The molecule has 0 aliphatic heterocycles. The fraction of sp³-hybridized carbons (Fsp3) is 0.286. The molecule has 1 fully saturated rings. The zero-order chi connectivity index (χ0) is 25.5. The number of pyridine rings is 1. The molecule has 186 valence electrons. The Balaban J connectivity index is 1.80. The van der Waals surface area contributed by atoms with Gasteiger partial charge in [0.15, 0.2) is 0 Å². The molecule has 1 heterocycles. The molecule has 0 saturated heterocycles. The molecule has 8 heteroatoms. The molecule has 1 aromatic heterocycles. The molecule has 0 radical (unpaired) electrons. The number of hydrogen-bond acceptors (Lipinski definition) is 4. The van der Waals surface area contributed by atoms with Crippen molar-refractivity contribution in [1.29, 1.82) is 0 Å². The highest BCUT2D eigenvalue weighted by molar-refractivity contribution is 6.09. The Labute approximate surface area is 209 Å². The lowest BCUT2D eigenvalue weighted by Crippen LogP contribution is -2.47. The van der Waals surface area contributed by atoms with E-state index >= 15 is 4.39 Å². The quantitative estimate of drug-likeness (QED) is 0.489. The van der Waals surface area contributed by atoms with Crippen LogP contribution in [0.15, 0.2) is 72.9 Å². The lowest BCUT2D eigenvalue weighted by molar-refractivity contribution is -0.123. The smallest absolute Gasteiger partial charge is 0.277 e. The van der Waals surface area contributed by atoms with Gasteiger partial charge in [0.1, 0.15) is 17.6 Å². The highest BCUT2D eigenvalue weighted by atomic mass is 19.1. The molecule has 1 unspecified atom stereocenters. The Hall–Kier alpha value is -4.07. The molecule has 7 nitrogen and oxygen atoms in total. The standard InChI is InChI=1S/C28H29FN4O3/c1-19(34)31-21-14-16-22(17-15-21)33(28(36)25-13-7-8-18-30-25)26(23-11-5-6-12-24(23)29)27(35)32-20-9-3-2-4-10-20/h5-8,11-18,20,26H,2-4,9-10H2,1H3,(H,31,34)(H,32,35). The first-order valence-electron chi connectivity index (χ1n) is 12.1. The molecule has 2 N–H and O–H groups in total. The summed E-state index contributed by atoms with van der Waals surface area (Å²) in [6, 6.07) is 16.1. The van der Waals surface area contributed by atoms with Crippen LogP contribution in [0.2, 0.25) is 0 Å². The van der Waals surface area contributed by atoms with Gasteiger partial charge in [-0.05, 0) is 55.3 Å². The molecule has 1 atom stereocenters. The number of nitrogens with one attached hydrogen (secondary N) is 2. The van der Waals surface area contributed by atoms with Gasteiger partial charge >= 0.3 is 0 Å². The minimum atomic E-state index is -1.27. The van der Waals surface area contributed by atoms with Gasteiger partial charge in [-0.25, -0.2) is 4.39 Å². The summed E-state index contributed by atoms with van der Waals surface area (Å²) >= 11 is 0. The first-order chi connectivity index (χ1) is 17.4. The molecule has 36 heavy (non-hydrogen) atoms. The van der Waals surface area contributed by atoms with Gasteiger partial charge < -0.3 is 10.6 Å². The van der Waals surface area contributed by atoms with E-state index in [4.69, 9.17) is 0 Å². The molecule has 1 saturated carbocycles. The predicted molar refractivity (Wildman–Crippen MR) is 136 cm³/mol. The summed E-state index contributed by atoms with van der Waals surface area (Å²) in [6.07, 6.45) is 6.32. The number of carbonyl (C=O) groups is 3. The van der Waals surface area contributed by atoms with E-state index in [0.717, 1.165) is 32.1 Å². The molecular weight excluding hydrogens is 459 g/mol. The number of rotatable bonds is 7. The summed E-state index contributed by atoms with van der Waals surface area (Å²) < 4.78 is 15.1. The minimum absolute atomic E-state index is 0.0329. The lowest BCUT2D eigenvalue weighted by Gasteiger charge is -2.33. The van der Waals surface area contributed by atoms with Crippen molar-refractivity contribution in [1.82, 2.24) is 10.3 Å². The molecular formula is C28H29FN4O3. The van der Waals surface area contributed by atoms with Crippen LogP contribution < -0.4 is 15.5 Å². The summed E-state index contributed by atoms with van der Waals surface area (Å²) in [4.78, 5) is 44.5. The van der Waals surface area contributed by atoms with Crippen LogP contribution in [-0.4, -0.2) is 28.7 Å². The first-order valence-corrected chi connectivity index (χ1v) is 12.1. The van der Waals surface area contributed by atoms with E-state index in [9.17, 15) is 14.4 Å². The summed E-state index contributed by atoms with van der Waals surface area (Å²) in [7, 11) is 0. The van der Waals surface area contributed by atoms with Gasteiger partial charge in [-0.15, -0.1) is 0 Å². The fourth-order valence-corrected chi connectivity index (χ4v) is 4.53. The largest absolute Gasteiger partial charge is 0.351 e. The molecule has 2 aromatic carbocycles. The average molecular weight is 489 g/mol. The minimum Gasteiger partial charge on any atom is -0.351 e. The Morgan fingerprint density at radius 3 is 2.28 bits per heavy atom.